The van der Waals surface area contributed by atoms with E-state index < -0.39 is 20.0 Å². The molecule has 0 unspecified atom stereocenters. The molecule has 0 atom stereocenters. The van der Waals surface area contributed by atoms with Crippen molar-refractivity contribution < 1.29 is 26.3 Å². The number of benzene rings is 2. The van der Waals surface area contributed by atoms with E-state index >= 15 is 0 Å². The molecule has 0 saturated carbocycles. The van der Waals surface area contributed by atoms with Crippen molar-refractivity contribution in [3.63, 3.8) is 0 Å². The lowest BCUT2D eigenvalue weighted by atomic mass is 10.1. The molecule has 0 aromatic heterocycles. The molecular formula is C23H32N2O6S2. The SMILES string of the molecule is COc1cc(S(=O)(=O)N2CCCN(S(=O)(=O)c3cc(OC)c(C)cc3C)CC2)c(C)cc1C. The van der Waals surface area contributed by atoms with Crippen LogP contribution < -0.4 is 9.47 Å². The summed E-state index contributed by atoms with van der Waals surface area (Å²) in [6.07, 6.45) is 0.391. The normalized spacial score (nSPS) is 16.4. The molecular weight excluding hydrogens is 464 g/mol. The monoisotopic (exact) mass is 496 g/mol. The maximum absolute atomic E-state index is 13.4. The summed E-state index contributed by atoms with van der Waals surface area (Å²) in [6.45, 7) is 7.83. The summed E-state index contributed by atoms with van der Waals surface area (Å²) in [7, 11) is -4.61. The minimum absolute atomic E-state index is 0.0687. The molecule has 0 aliphatic carbocycles. The first kappa shape index (κ1) is 25.5. The van der Waals surface area contributed by atoms with Crippen LogP contribution in [0.15, 0.2) is 34.1 Å². The lowest BCUT2D eigenvalue weighted by Gasteiger charge is -2.23. The molecule has 2 aromatic rings. The molecule has 2 aromatic carbocycles. The van der Waals surface area contributed by atoms with Crippen molar-refractivity contribution in [2.75, 3.05) is 40.4 Å². The second-order valence-electron chi connectivity index (χ2n) is 8.34. The third-order valence-electron chi connectivity index (χ3n) is 6.03. The predicted molar refractivity (Wildman–Crippen MR) is 127 cm³/mol. The fourth-order valence-corrected chi connectivity index (χ4v) is 7.63. The Balaban J connectivity index is 1.89. The summed E-state index contributed by atoms with van der Waals surface area (Å²) in [5.41, 5.74) is 2.96. The molecule has 1 fully saturated rings. The van der Waals surface area contributed by atoms with Crippen LogP contribution in [0.25, 0.3) is 0 Å². The van der Waals surface area contributed by atoms with Crippen LogP contribution in [0.4, 0.5) is 0 Å². The molecule has 0 N–H and O–H groups in total. The summed E-state index contributed by atoms with van der Waals surface area (Å²) in [5.74, 6) is 1.00. The Morgan fingerprint density at radius 1 is 0.606 bits per heavy atom. The topological polar surface area (TPSA) is 93.2 Å². The maximum Gasteiger partial charge on any atom is 0.243 e. The second kappa shape index (κ2) is 9.61. The van der Waals surface area contributed by atoms with E-state index in [-0.39, 0.29) is 36.0 Å². The highest BCUT2D eigenvalue weighted by Gasteiger charge is 2.33. The number of hydrogen-bond acceptors (Lipinski definition) is 6. The first-order chi connectivity index (χ1) is 15.4. The number of ether oxygens (including phenoxy) is 2. The number of sulfonamides is 2. The van der Waals surface area contributed by atoms with E-state index in [0.717, 1.165) is 11.1 Å². The lowest BCUT2D eigenvalue weighted by Crippen LogP contribution is -2.37. The summed E-state index contributed by atoms with van der Waals surface area (Å²) in [6, 6.07) is 6.66. The molecule has 3 rings (SSSR count). The highest BCUT2D eigenvalue weighted by Crippen LogP contribution is 2.31. The van der Waals surface area contributed by atoms with Gasteiger partial charge in [-0.1, -0.05) is 12.1 Å². The molecule has 33 heavy (non-hydrogen) atoms. The Hall–Kier alpha value is -2.14. The molecule has 182 valence electrons. The van der Waals surface area contributed by atoms with Gasteiger partial charge in [0.15, 0.2) is 0 Å². The highest BCUT2D eigenvalue weighted by molar-refractivity contribution is 7.89. The standard InChI is InChI=1S/C23H32N2O6S2/c1-16-12-18(3)22(14-20(16)30-5)32(26,27)24-8-7-9-25(11-10-24)33(28,29)23-15-21(31-6)17(2)13-19(23)4/h12-15H,7-11H2,1-6H3. The van der Waals surface area contributed by atoms with Crippen LogP contribution >= 0.6 is 0 Å². The lowest BCUT2D eigenvalue weighted by molar-refractivity contribution is 0.399. The van der Waals surface area contributed by atoms with E-state index in [2.05, 4.69) is 0 Å². The zero-order valence-corrected chi connectivity index (χ0v) is 21.6. The van der Waals surface area contributed by atoms with Gasteiger partial charge >= 0.3 is 0 Å². The minimum Gasteiger partial charge on any atom is -0.496 e. The molecule has 1 aliphatic rings. The van der Waals surface area contributed by atoms with Gasteiger partial charge in [0, 0.05) is 38.3 Å². The van der Waals surface area contributed by atoms with Gasteiger partial charge in [-0.3, -0.25) is 0 Å². The molecule has 0 bridgehead atoms. The highest BCUT2D eigenvalue weighted by atomic mass is 32.2. The zero-order chi connectivity index (χ0) is 24.6. The van der Waals surface area contributed by atoms with Gasteiger partial charge in [-0.15, -0.1) is 0 Å². The Bertz CT molecular complexity index is 1160. The average molecular weight is 497 g/mol. The summed E-state index contributed by atoms with van der Waals surface area (Å²) >= 11 is 0. The van der Waals surface area contributed by atoms with Gasteiger partial charge in [0.25, 0.3) is 0 Å². The third kappa shape index (κ3) is 4.89. The van der Waals surface area contributed by atoms with Crippen LogP contribution in [0.5, 0.6) is 11.5 Å². The van der Waals surface area contributed by atoms with Gasteiger partial charge in [-0.05, 0) is 56.4 Å². The van der Waals surface area contributed by atoms with Gasteiger partial charge in [-0.25, -0.2) is 16.8 Å². The van der Waals surface area contributed by atoms with Crippen LogP contribution in [0, 0.1) is 27.7 Å². The Labute approximate surface area is 197 Å². The fourth-order valence-electron chi connectivity index (χ4n) is 4.25. The molecule has 0 spiro atoms. The van der Waals surface area contributed by atoms with Crippen molar-refractivity contribution in [2.45, 2.75) is 43.9 Å². The van der Waals surface area contributed by atoms with E-state index in [9.17, 15) is 16.8 Å². The fraction of sp³-hybridized carbons (Fsp3) is 0.478. The first-order valence-corrected chi connectivity index (χ1v) is 13.6. The number of aryl methyl sites for hydroxylation is 4. The molecule has 1 heterocycles. The van der Waals surface area contributed by atoms with Crippen LogP contribution in [-0.2, 0) is 20.0 Å². The average Bonchev–Trinajstić information content (AvgIpc) is 3.01. The van der Waals surface area contributed by atoms with Gasteiger partial charge in [0.05, 0.1) is 24.0 Å². The predicted octanol–water partition coefficient (Wildman–Crippen LogP) is 3.02. The van der Waals surface area contributed by atoms with Crippen molar-refractivity contribution in [1.82, 2.24) is 8.61 Å². The summed E-state index contributed by atoms with van der Waals surface area (Å²) in [4.78, 5) is 0.362. The van der Waals surface area contributed by atoms with Crippen molar-refractivity contribution in [1.29, 1.82) is 0 Å². The van der Waals surface area contributed by atoms with Gasteiger partial charge in [-0.2, -0.15) is 8.61 Å². The van der Waals surface area contributed by atoms with Crippen LogP contribution in [0.2, 0.25) is 0 Å². The van der Waals surface area contributed by atoms with E-state index in [1.165, 1.54) is 22.8 Å². The Morgan fingerprint density at radius 3 is 1.30 bits per heavy atom. The minimum atomic E-state index is -3.81. The number of rotatable bonds is 6. The maximum atomic E-state index is 13.4. The zero-order valence-electron chi connectivity index (χ0n) is 20.0. The second-order valence-corrected chi connectivity index (χ2v) is 12.1. The van der Waals surface area contributed by atoms with Crippen LogP contribution in [0.3, 0.4) is 0 Å². The van der Waals surface area contributed by atoms with E-state index in [1.54, 1.807) is 38.1 Å². The Kier molecular flexibility index (Phi) is 7.42. The molecule has 8 nitrogen and oxygen atoms in total. The first-order valence-electron chi connectivity index (χ1n) is 10.7. The quantitative estimate of drug-likeness (QED) is 0.610. The molecule has 1 saturated heterocycles. The van der Waals surface area contributed by atoms with Gasteiger partial charge in [0.1, 0.15) is 11.5 Å². The van der Waals surface area contributed by atoms with E-state index in [1.807, 2.05) is 13.8 Å². The van der Waals surface area contributed by atoms with E-state index in [4.69, 9.17) is 9.47 Å². The largest absolute Gasteiger partial charge is 0.496 e. The van der Waals surface area contributed by atoms with Gasteiger partial charge in [0.2, 0.25) is 20.0 Å². The van der Waals surface area contributed by atoms with Crippen molar-refractivity contribution in [2.24, 2.45) is 0 Å². The smallest absolute Gasteiger partial charge is 0.243 e. The summed E-state index contributed by atoms with van der Waals surface area (Å²) < 4.78 is 67.1. The third-order valence-corrected chi connectivity index (χ3v) is 10.1. The molecule has 0 radical (unpaired) electrons. The van der Waals surface area contributed by atoms with E-state index in [0.29, 0.717) is 29.0 Å². The number of methoxy groups -OCH3 is 2. The molecule has 10 heteroatoms. The Morgan fingerprint density at radius 2 is 0.970 bits per heavy atom. The molecule has 0 amide bonds. The van der Waals surface area contributed by atoms with Crippen molar-refractivity contribution >= 4 is 20.0 Å². The number of hydrogen-bond donors (Lipinski definition) is 0. The van der Waals surface area contributed by atoms with Gasteiger partial charge < -0.3 is 9.47 Å². The molecule has 1 aliphatic heterocycles. The van der Waals surface area contributed by atoms with Crippen molar-refractivity contribution in [3.8, 4) is 11.5 Å². The summed E-state index contributed by atoms with van der Waals surface area (Å²) in [5, 5.41) is 0. The number of nitrogens with zero attached hydrogens (tertiary/aromatic N) is 2. The van der Waals surface area contributed by atoms with Crippen LogP contribution in [-0.4, -0.2) is 65.8 Å². The van der Waals surface area contributed by atoms with Crippen molar-refractivity contribution in [3.05, 3.63) is 46.5 Å². The van der Waals surface area contributed by atoms with Crippen LogP contribution in [0.1, 0.15) is 28.7 Å².